The van der Waals surface area contributed by atoms with E-state index < -0.39 is 0 Å². The van der Waals surface area contributed by atoms with E-state index in [-0.39, 0.29) is 11.1 Å². The maximum atomic E-state index is 12.3. The summed E-state index contributed by atoms with van der Waals surface area (Å²) in [5.74, 6) is 0.608. The van der Waals surface area contributed by atoms with Gasteiger partial charge >= 0.3 is 0 Å². The molecule has 0 N–H and O–H groups in total. The predicted molar refractivity (Wildman–Crippen MR) is 76.0 cm³/mol. The molecule has 0 saturated carbocycles. The quantitative estimate of drug-likeness (QED) is 0.805. The van der Waals surface area contributed by atoms with Gasteiger partial charge in [-0.2, -0.15) is 0 Å². The Kier molecular flexibility index (Phi) is 4.21. The van der Waals surface area contributed by atoms with Crippen LogP contribution >= 0.6 is 27.5 Å². The second-order valence-electron chi connectivity index (χ2n) is 4.11. The van der Waals surface area contributed by atoms with Crippen LogP contribution in [0.25, 0.3) is 0 Å². The summed E-state index contributed by atoms with van der Waals surface area (Å²) in [4.78, 5) is 22.0. The third-order valence-corrected chi connectivity index (χ3v) is 3.42. The molecule has 2 aromatic rings. The Labute approximate surface area is 124 Å². The Hall–Kier alpha value is -1.40. The van der Waals surface area contributed by atoms with Gasteiger partial charge in [0.05, 0.1) is 12.1 Å². The Morgan fingerprint density at radius 2 is 2.26 bits per heavy atom. The van der Waals surface area contributed by atoms with E-state index in [1.165, 1.54) is 0 Å². The largest absolute Gasteiger partial charge is 0.337 e. The molecule has 19 heavy (non-hydrogen) atoms. The monoisotopic (exact) mass is 342 g/mol. The van der Waals surface area contributed by atoms with Crippen molar-refractivity contribution in [2.45, 2.75) is 6.54 Å². The number of amides is 1. The molecule has 0 radical (unpaired) electrons. The van der Waals surface area contributed by atoms with Gasteiger partial charge in [-0.05, 0) is 22.0 Å². The molecule has 0 bridgehead atoms. The summed E-state index contributed by atoms with van der Waals surface area (Å²) in [7, 11) is 3.59. The van der Waals surface area contributed by atoms with Crippen LogP contribution in [0.15, 0.2) is 29.1 Å². The summed E-state index contributed by atoms with van der Waals surface area (Å²) < 4.78 is 2.58. The van der Waals surface area contributed by atoms with Crippen LogP contribution in [0.5, 0.6) is 0 Å². The highest BCUT2D eigenvalue weighted by molar-refractivity contribution is 9.10. The third-order valence-electron chi connectivity index (χ3n) is 2.68. The van der Waals surface area contributed by atoms with Gasteiger partial charge in [0.15, 0.2) is 0 Å². The highest BCUT2D eigenvalue weighted by Crippen LogP contribution is 2.19. The van der Waals surface area contributed by atoms with Crippen LogP contribution < -0.4 is 0 Å². The molecule has 2 aromatic heterocycles. The Balaban J connectivity index is 2.19. The van der Waals surface area contributed by atoms with Crippen LogP contribution in [-0.2, 0) is 13.6 Å². The van der Waals surface area contributed by atoms with E-state index in [1.54, 1.807) is 30.4 Å². The second kappa shape index (κ2) is 5.71. The van der Waals surface area contributed by atoms with Crippen molar-refractivity contribution >= 4 is 33.4 Å². The SMILES string of the molecule is CN(Cc1nccn1C)C(=O)c1cc(Br)cnc1Cl. The average Bonchev–Trinajstić information content (AvgIpc) is 2.77. The molecular formula is C12H12BrClN4O. The molecule has 0 aliphatic rings. The van der Waals surface area contributed by atoms with Crippen LogP contribution in [0.1, 0.15) is 16.2 Å². The van der Waals surface area contributed by atoms with Crippen molar-refractivity contribution in [3.8, 4) is 0 Å². The van der Waals surface area contributed by atoms with E-state index in [2.05, 4.69) is 25.9 Å². The minimum atomic E-state index is -0.193. The maximum absolute atomic E-state index is 12.3. The Morgan fingerprint density at radius 3 is 2.89 bits per heavy atom. The van der Waals surface area contributed by atoms with Gasteiger partial charge in [-0.15, -0.1) is 0 Å². The molecule has 0 fully saturated rings. The fourth-order valence-electron chi connectivity index (χ4n) is 1.61. The number of aryl methyl sites for hydroxylation is 1. The highest BCUT2D eigenvalue weighted by Gasteiger charge is 2.17. The van der Waals surface area contributed by atoms with Crippen LogP contribution in [0.4, 0.5) is 0 Å². The zero-order valence-electron chi connectivity index (χ0n) is 10.5. The molecule has 5 nitrogen and oxygen atoms in total. The highest BCUT2D eigenvalue weighted by atomic mass is 79.9. The number of imidazole rings is 1. The van der Waals surface area contributed by atoms with E-state index in [9.17, 15) is 4.79 Å². The zero-order chi connectivity index (χ0) is 14.0. The van der Waals surface area contributed by atoms with Crippen molar-refractivity contribution in [1.82, 2.24) is 19.4 Å². The minimum absolute atomic E-state index is 0.193. The van der Waals surface area contributed by atoms with Crippen LogP contribution in [0.3, 0.4) is 0 Å². The number of carbonyl (C=O) groups excluding carboxylic acids is 1. The summed E-state index contributed by atoms with van der Waals surface area (Å²) in [5, 5.41) is 0.194. The molecular weight excluding hydrogens is 332 g/mol. The number of pyridine rings is 1. The molecule has 0 saturated heterocycles. The van der Waals surface area contributed by atoms with E-state index in [1.807, 2.05) is 17.8 Å². The van der Waals surface area contributed by atoms with E-state index in [4.69, 9.17) is 11.6 Å². The van der Waals surface area contributed by atoms with Gasteiger partial charge in [0.25, 0.3) is 5.91 Å². The first kappa shape index (κ1) is 14.0. The van der Waals surface area contributed by atoms with Gasteiger partial charge in [0.1, 0.15) is 11.0 Å². The Morgan fingerprint density at radius 1 is 1.53 bits per heavy atom. The van der Waals surface area contributed by atoms with E-state index in [0.29, 0.717) is 16.6 Å². The second-order valence-corrected chi connectivity index (χ2v) is 5.38. The van der Waals surface area contributed by atoms with Gasteiger partial charge < -0.3 is 9.47 Å². The summed E-state index contributed by atoms with van der Waals surface area (Å²) in [5.41, 5.74) is 0.368. The third kappa shape index (κ3) is 3.13. The van der Waals surface area contributed by atoms with E-state index in [0.717, 1.165) is 5.82 Å². The first-order chi connectivity index (χ1) is 8.99. The average molecular weight is 344 g/mol. The molecule has 7 heteroatoms. The zero-order valence-corrected chi connectivity index (χ0v) is 12.8. The van der Waals surface area contributed by atoms with Gasteiger partial charge in [-0.1, -0.05) is 11.6 Å². The molecule has 0 unspecified atom stereocenters. The van der Waals surface area contributed by atoms with Gasteiger partial charge in [0, 0.05) is 37.2 Å². The topological polar surface area (TPSA) is 51.0 Å². The van der Waals surface area contributed by atoms with Gasteiger partial charge in [-0.3, -0.25) is 4.79 Å². The fraction of sp³-hybridized carbons (Fsp3) is 0.250. The lowest BCUT2D eigenvalue weighted by Gasteiger charge is -2.17. The lowest BCUT2D eigenvalue weighted by molar-refractivity contribution is 0.0780. The molecule has 0 aliphatic heterocycles. The van der Waals surface area contributed by atoms with Crippen LogP contribution in [0, 0.1) is 0 Å². The number of halogens is 2. The number of nitrogens with zero attached hydrogens (tertiary/aromatic N) is 4. The fourth-order valence-corrected chi connectivity index (χ4v) is 2.13. The number of rotatable bonds is 3. The molecule has 0 atom stereocenters. The molecule has 1 amide bonds. The van der Waals surface area contributed by atoms with Crippen molar-refractivity contribution in [3.63, 3.8) is 0 Å². The maximum Gasteiger partial charge on any atom is 0.257 e. The molecule has 100 valence electrons. The lowest BCUT2D eigenvalue weighted by atomic mass is 10.2. The van der Waals surface area contributed by atoms with Crippen molar-refractivity contribution in [2.75, 3.05) is 7.05 Å². The lowest BCUT2D eigenvalue weighted by Crippen LogP contribution is -2.28. The first-order valence-electron chi connectivity index (χ1n) is 5.51. The minimum Gasteiger partial charge on any atom is -0.337 e. The number of hydrogen-bond donors (Lipinski definition) is 0. The van der Waals surface area contributed by atoms with Crippen LogP contribution in [-0.4, -0.2) is 32.4 Å². The summed E-state index contributed by atoms with van der Waals surface area (Å²) >= 11 is 9.23. The smallest absolute Gasteiger partial charge is 0.257 e. The van der Waals surface area contributed by atoms with Crippen LogP contribution in [0.2, 0.25) is 5.15 Å². The first-order valence-corrected chi connectivity index (χ1v) is 6.69. The number of carbonyl (C=O) groups is 1. The predicted octanol–water partition coefficient (Wildman–Crippen LogP) is 2.50. The molecule has 0 aliphatic carbocycles. The Bertz CT molecular complexity index is 614. The molecule has 0 spiro atoms. The van der Waals surface area contributed by atoms with Crippen molar-refractivity contribution in [1.29, 1.82) is 0 Å². The molecule has 2 rings (SSSR count). The molecule has 2 heterocycles. The van der Waals surface area contributed by atoms with Crippen molar-refractivity contribution in [2.24, 2.45) is 7.05 Å². The standard InChI is InChI=1S/C12H12BrClN4O/c1-17-4-3-15-10(17)7-18(2)12(19)9-5-8(13)6-16-11(9)14/h3-6H,7H2,1-2H3. The van der Waals surface area contributed by atoms with Gasteiger partial charge in [0.2, 0.25) is 0 Å². The molecule has 0 aromatic carbocycles. The van der Waals surface area contributed by atoms with Crippen molar-refractivity contribution < 1.29 is 4.79 Å². The summed E-state index contributed by atoms with van der Waals surface area (Å²) in [6, 6.07) is 1.66. The number of hydrogen-bond acceptors (Lipinski definition) is 3. The summed E-state index contributed by atoms with van der Waals surface area (Å²) in [6.07, 6.45) is 5.08. The number of aromatic nitrogens is 3. The summed E-state index contributed by atoms with van der Waals surface area (Å²) in [6.45, 7) is 0.408. The normalized spacial score (nSPS) is 10.5. The van der Waals surface area contributed by atoms with Gasteiger partial charge in [-0.25, -0.2) is 9.97 Å². The van der Waals surface area contributed by atoms with Crippen molar-refractivity contribution in [3.05, 3.63) is 45.7 Å². The van der Waals surface area contributed by atoms with E-state index >= 15 is 0 Å².